The molecule has 0 bridgehead atoms. The molecule has 148 valence electrons. The number of para-hydroxylation sites is 2. The fourth-order valence-corrected chi connectivity index (χ4v) is 4.41. The normalized spacial score (nSPS) is 16.3. The van der Waals surface area contributed by atoms with E-state index in [9.17, 15) is 4.79 Å². The molecule has 1 saturated heterocycles. The molecule has 1 fully saturated rings. The SMILES string of the molecule is CCN1CCC(NC(=O)CSc2nc3ccccc3n2CCC(C)C)CC1. The lowest BCUT2D eigenvalue weighted by Crippen LogP contribution is -2.45. The Hall–Kier alpha value is -1.53. The van der Waals surface area contributed by atoms with Crippen molar-refractivity contribution in [1.82, 2.24) is 19.8 Å². The van der Waals surface area contributed by atoms with E-state index in [0.29, 0.717) is 17.7 Å². The number of nitrogens with one attached hydrogen (secondary N) is 1. The number of rotatable bonds is 8. The molecule has 1 aromatic heterocycles. The fraction of sp³-hybridized carbons (Fsp3) is 0.619. The number of aryl methyl sites for hydroxylation is 1. The van der Waals surface area contributed by atoms with Gasteiger partial charge in [-0.2, -0.15) is 0 Å². The Morgan fingerprint density at radius 3 is 2.74 bits per heavy atom. The van der Waals surface area contributed by atoms with Crippen molar-refractivity contribution in [3.05, 3.63) is 24.3 Å². The van der Waals surface area contributed by atoms with Crippen LogP contribution in [-0.2, 0) is 11.3 Å². The molecule has 0 aliphatic carbocycles. The minimum absolute atomic E-state index is 0.123. The van der Waals surface area contributed by atoms with E-state index in [1.807, 2.05) is 12.1 Å². The number of likely N-dealkylation sites (tertiary alicyclic amines) is 1. The standard InChI is InChI=1S/C21H32N4OS/c1-4-24-12-10-17(11-13-24)22-20(26)15-27-21-23-18-7-5-6-8-19(18)25(21)14-9-16(2)3/h5-8,16-17H,4,9-15H2,1-3H3,(H,22,26). The third kappa shape index (κ3) is 5.48. The number of fused-ring (bicyclic) bond motifs is 1. The number of carbonyl (C=O) groups excluding carboxylic acids is 1. The Kier molecular flexibility index (Phi) is 7.19. The van der Waals surface area contributed by atoms with Crippen molar-refractivity contribution in [2.75, 3.05) is 25.4 Å². The predicted molar refractivity (Wildman–Crippen MR) is 113 cm³/mol. The van der Waals surface area contributed by atoms with Crippen molar-refractivity contribution in [2.24, 2.45) is 5.92 Å². The summed E-state index contributed by atoms with van der Waals surface area (Å²) in [5.74, 6) is 1.19. The third-order valence-corrected chi connectivity index (χ3v) is 6.26. The van der Waals surface area contributed by atoms with Crippen LogP contribution < -0.4 is 5.32 Å². The van der Waals surface area contributed by atoms with Gasteiger partial charge in [0.15, 0.2) is 5.16 Å². The van der Waals surface area contributed by atoms with Crippen molar-refractivity contribution in [3.63, 3.8) is 0 Å². The van der Waals surface area contributed by atoms with E-state index in [-0.39, 0.29) is 5.91 Å². The van der Waals surface area contributed by atoms with Crippen molar-refractivity contribution >= 4 is 28.7 Å². The average molecular weight is 389 g/mol. The molecular weight excluding hydrogens is 356 g/mol. The first-order valence-electron chi connectivity index (χ1n) is 10.2. The molecule has 1 aliphatic heterocycles. The summed E-state index contributed by atoms with van der Waals surface area (Å²) in [5.41, 5.74) is 2.17. The monoisotopic (exact) mass is 388 g/mol. The summed E-state index contributed by atoms with van der Waals surface area (Å²) in [6, 6.07) is 8.56. The smallest absolute Gasteiger partial charge is 0.230 e. The van der Waals surface area contributed by atoms with Crippen LogP contribution in [0.15, 0.2) is 29.4 Å². The second-order valence-electron chi connectivity index (χ2n) is 7.78. The number of benzene rings is 1. The number of piperidine rings is 1. The van der Waals surface area contributed by atoms with Gasteiger partial charge in [0.25, 0.3) is 0 Å². The molecule has 5 nitrogen and oxygen atoms in total. The maximum atomic E-state index is 12.4. The Labute approximate surface area is 166 Å². The van der Waals surface area contributed by atoms with Crippen LogP contribution in [0.4, 0.5) is 0 Å². The Bertz CT molecular complexity index is 750. The molecule has 2 aromatic rings. The number of nitrogens with zero attached hydrogens (tertiary/aromatic N) is 3. The van der Waals surface area contributed by atoms with Gasteiger partial charge in [0.05, 0.1) is 16.8 Å². The van der Waals surface area contributed by atoms with Gasteiger partial charge in [0, 0.05) is 25.7 Å². The Morgan fingerprint density at radius 2 is 2.04 bits per heavy atom. The van der Waals surface area contributed by atoms with Crippen molar-refractivity contribution in [2.45, 2.75) is 57.8 Å². The third-order valence-electron chi connectivity index (χ3n) is 5.28. The number of imidazole rings is 1. The van der Waals surface area contributed by atoms with Gasteiger partial charge in [-0.25, -0.2) is 4.98 Å². The van der Waals surface area contributed by atoms with E-state index < -0.39 is 0 Å². The van der Waals surface area contributed by atoms with Crippen molar-refractivity contribution in [1.29, 1.82) is 0 Å². The van der Waals surface area contributed by atoms with Gasteiger partial charge in [-0.05, 0) is 43.9 Å². The Morgan fingerprint density at radius 1 is 1.30 bits per heavy atom. The van der Waals surface area contributed by atoms with E-state index in [0.717, 1.165) is 61.6 Å². The van der Waals surface area contributed by atoms with E-state index in [1.54, 1.807) is 11.8 Å². The molecule has 0 atom stereocenters. The topological polar surface area (TPSA) is 50.2 Å². The molecule has 0 spiro atoms. The minimum Gasteiger partial charge on any atom is -0.353 e. The van der Waals surface area contributed by atoms with Gasteiger partial charge >= 0.3 is 0 Å². The molecule has 1 aliphatic rings. The molecule has 3 rings (SSSR count). The molecule has 1 amide bonds. The lowest BCUT2D eigenvalue weighted by Gasteiger charge is -2.31. The fourth-order valence-electron chi connectivity index (χ4n) is 3.56. The van der Waals surface area contributed by atoms with Crippen LogP contribution >= 0.6 is 11.8 Å². The van der Waals surface area contributed by atoms with Crippen LogP contribution in [-0.4, -0.2) is 51.8 Å². The number of hydrogen-bond donors (Lipinski definition) is 1. The molecule has 27 heavy (non-hydrogen) atoms. The number of thioether (sulfide) groups is 1. The summed E-state index contributed by atoms with van der Waals surface area (Å²) < 4.78 is 2.27. The molecule has 1 N–H and O–H groups in total. The van der Waals surface area contributed by atoms with Gasteiger partial charge in [-0.15, -0.1) is 0 Å². The molecule has 6 heteroatoms. The maximum absolute atomic E-state index is 12.4. The first kappa shape index (κ1) is 20.2. The molecule has 1 aromatic carbocycles. The van der Waals surface area contributed by atoms with Gasteiger partial charge < -0.3 is 14.8 Å². The summed E-state index contributed by atoms with van der Waals surface area (Å²) in [5, 5.41) is 4.17. The zero-order valence-corrected chi connectivity index (χ0v) is 17.6. The minimum atomic E-state index is 0.123. The van der Waals surface area contributed by atoms with Crippen molar-refractivity contribution in [3.8, 4) is 0 Å². The van der Waals surface area contributed by atoms with Gasteiger partial charge in [-0.1, -0.05) is 44.7 Å². The largest absolute Gasteiger partial charge is 0.353 e. The van der Waals surface area contributed by atoms with Crippen molar-refractivity contribution < 1.29 is 4.79 Å². The van der Waals surface area contributed by atoms with Gasteiger partial charge in [-0.3, -0.25) is 4.79 Å². The zero-order valence-electron chi connectivity index (χ0n) is 16.8. The van der Waals surface area contributed by atoms with Crippen LogP contribution in [0.2, 0.25) is 0 Å². The average Bonchev–Trinajstić information content (AvgIpc) is 3.03. The quantitative estimate of drug-likeness (QED) is 0.699. The summed E-state index contributed by atoms with van der Waals surface area (Å²) in [6.07, 6.45) is 3.21. The highest BCUT2D eigenvalue weighted by atomic mass is 32.2. The lowest BCUT2D eigenvalue weighted by molar-refractivity contribution is -0.119. The zero-order chi connectivity index (χ0) is 19.2. The van der Waals surface area contributed by atoms with E-state index in [2.05, 4.69) is 47.7 Å². The number of aromatic nitrogens is 2. The van der Waals surface area contributed by atoms with Crippen LogP contribution in [0.3, 0.4) is 0 Å². The number of carbonyl (C=O) groups is 1. The highest BCUT2D eigenvalue weighted by molar-refractivity contribution is 7.99. The Balaban J connectivity index is 1.59. The second-order valence-corrected chi connectivity index (χ2v) is 8.72. The first-order chi connectivity index (χ1) is 13.1. The maximum Gasteiger partial charge on any atom is 0.230 e. The van der Waals surface area contributed by atoms with Crippen LogP contribution in [0, 0.1) is 5.92 Å². The van der Waals surface area contributed by atoms with Crippen LogP contribution in [0.25, 0.3) is 11.0 Å². The van der Waals surface area contributed by atoms with E-state index >= 15 is 0 Å². The van der Waals surface area contributed by atoms with Crippen LogP contribution in [0.1, 0.15) is 40.0 Å². The molecule has 0 radical (unpaired) electrons. The number of amides is 1. The second kappa shape index (κ2) is 9.60. The summed E-state index contributed by atoms with van der Waals surface area (Å²) in [6.45, 7) is 10.9. The number of hydrogen-bond acceptors (Lipinski definition) is 4. The summed E-state index contributed by atoms with van der Waals surface area (Å²) in [4.78, 5) is 19.7. The molecule has 0 saturated carbocycles. The predicted octanol–water partition coefficient (Wildman–Crippen LogP) is 3.78. The molecule has 2 heterocycles. The molecular formula is C21H32N4OS. The van der Waals surface area contributed by atoms with Crippen LogP contribution in [0.5, 0.6) is 0 Å². The lowest BCUT2D eigenvalue weighted by atomic mass is 10.1. The summed E-state index contributed by atoms with van der Waals surface area (Å²) in [7, 11) is 0. The van der Waals surface area contributed by atoms with Gasteiger partial charge in [0.1, 0.15) is 0 Å². The van der Waals surface area contributed by atoms with E-state index in [1.165, 1.54) is 0 Å². The first-order valence-corrected chi connectivity index (χ1v) is 11.1. The van der Waals surface area contributed by atoms with Gasteiger partial charge in [0.2, 0.25) is 5.91 Å². The van der Waals surface area contributed by atoms with E-state index in [4.69, 9.17) is 4.98 Å². The highest BCUT2D eigenvalue weighted by Crippen LogP contribution is 2.25. The highest BCUT2D eigenvalue weighted by Gasteiger charge is 2.20. The molecule has 0 unspecified atom stereocenters. The summed E-state index contributed by atoms with van der Waals surface area (Å²) >= 11 is 1.56.